The average Bonchev–Trinajstić information content (AvgIpc) is 2.71. The smallest absolute Gasteiger partial charge is 0.257 e. The predicted molar refractivity (Wildman–Crippen MR) is 101 cm³/mol. The van der Waals surface area contributed by atoms with Crippen molar-refractivity contribution in [3.05, 3.63) is 42.0 Å². The Morgan fingerprint density at radius 2 is 1.44 bits per heavy atom. The Hall–Kier alpha value is -3.09. The Morgan fingerprint density at radius 3 is 2.04 bits per heavy atom. The maximum absolute atomic E-state index is 12.0. The normalized spacial score (nSPS) is 10.1. The molecule has 2 aromatic carbocycles. The van der Waals surface area contributed by atoms with Crippen molar-refractivity contribution in [3.8, 4) is 28.7 Å². The molecule has 0 unspecified atom stereocenters. The van der Waals surface area contributed by atoms with Crippen molar-refractivity contribution in [2.75, 3.05) is 41.6 Å². The van der Waals surface area contributed by atoms with Gasteiger partial charge in [-0.05, 0) is 24.1 Å². The average molecular weight is 375 g/mol. The molecule has 0 aliphatic rings. The molecule has 0 saturated carbocycles. The van der Waals surface area contributed by atoms with Crippen LogP contribution in [0.3, 0.4) is 0 Å². The van der Waals surface area contributed by atoms with Crippen molar-refractivity contribution in [3.63, 3.8) is 0 Å². The molecule has 0 spiro atoms. The molecule has 0 bridgehead atoms. The highest BCUT2D eigenvalue weighted by Crippen LogP contribution is 2.28. The second kappa shape index (κ2) is 10.2. The zero-order valence-electron chi connectivity index (χ0n) is 16.0. The van der Waals surface area contributed by atoms with Crippen molar-refractivity contribution in [2.45, 2.75) is 6.42 Å². The fraction of sp³-hybridized carbons (Fsp3) is 0.350. The Kier molecular flexibility index (Phi) is 7.61. The molecule has 2 aromatic rings. The van der Waals surface area contributed by atoms with Gasteiger partial charge in [0.05, 0.1) is 28.4 Å². The van der Waals surface area contributed by atoms with E-state index in [-0.39, 0.29) is 12.5 Å². The van der Waals surface area contributed by atoms with Crippen LogP contribution in [0, 0.1) is 0 Å². The molecule has 0 atom stereocenters. The first-order valence-electron chi connectivity index (χ1n) is 8.43. The minimum Gasteiger partial charge on any atom is -0.496 e. The van der Waals surface area contributed by atoms with Gasteiger partial charge in [0, 0.05) is 24.7 Å². The monoisotopic (exact) mass is 375 g/mol. The predicted octanol–water partition coefficient (Wildman–Crippen LogP) is 2.46. The van der Waals surface area contributed by atoms with E-state index in [1.807, 2.05) is 18.2 Å². The summed E-state index contributed by atoms with van der Waals surface area (Å²) in [6.45, 7) is 0.390. The summed E-state index contributed by atoms with van der Waals surface area (Å²) in [7, 11) is 6.29. The van der Waals surface area contributed by atoms with Gasteiger partial charge in [0.15, 0.2) is 18.1 Å². The topological polar surface area (TPSA) is 75.3 Å². The Bertz CT molecular complexity index is 740. The van der Waals surface area contributed by atoms with E-state index >= 15 is 0 Å². The van der Waals surface area contributed by atoms with E-state index < -0.39 is 0 Å². The second-order valence-corrected chi connectivity index (χ2v) is 5.63. The Labute approximate surface area is 159 Å². The van der Waals surface area contributed by atoms with Crippen LogP contribution in [0.4, 0.5) is 0 Å². The quantitative estimate of drug-likeness (QED) is 0.688. The van der Waals surface area contributed by atoms with Gasteiger partial charge in [-0.25, -0.2) is 0 Å². The number of rotatable bonds is 10. The number of methoxy groups -OCH3 is 4. The molecular weight excluding hydrogens is 350 g/mol. The zero-order valence-corrected chi connectivity index (χ0v) is 16.0. The maximum Gasteiger partial charge on any atom is 0.257 e. The summed E-state index contributed by atoms with van der Waals surface area (Å²) in [4.78, 5) is 12.0. The number of ether oxygens (including phenoxy) is 5. The van der Waals surface area contributed by atoms with Crippen LogP contribution in [0.25, 0.3) is 0 Å². The Balaban J connectivity index is 1.81. The SMILES string of the molecule is COc1cc(OC)cc(OCC(=O)NCCc2ccc(OC)c(OC)c2)c1. The van der Waals surface area contributed by atoms with Crippen LogP contribution in [0.5, 0.6) is 28.7 Å². The third-order valence-corrected chi connectivity index (χ3v) is 3.88. The highest BCUT2D eigenvalue weighted by Gasteiger charge is 2.08. The van der Waals surface area contributed by atoms with Crippen LogP contribution >= 0.6 is 0 Å². The van der Waals surface area contributed by atoms with Gasteiger partial charge in [0.1, 0.15) is 17.2 Å². The lowest BCUT2D eigenvalue weighted by Crippen LogP contribution is -2.30. The lowest BCUT2D eigenvalue weighted by Gasteiger charge is -2.11. The number of hydrogen-bond donors (Lipinski definition) is 1. The number of benzene rings is 2. The minimum atomic E-state index is -0.211. The summed E-state index contributed by atoms with van der Waals surface area (Å²) in [6.07, 6.45) is 0.666. The van der Waals surface area contributed by atoms with E-state index in [2.05, 4.69) is 5.32 Å². The molecule has 0 aliphatic carbocycles. The summed E-state index contributed by atoms with van der Waals surface area (Å²) >= 11 is 0. The van der Waals surface area contributed by atoms with Crippen molar-refractivity contribution in [2.24, 2.45) is 0 Å². The number of amides is 1. The van der Waals surface area contributed by atoms with Crippen molar-refractivity contribution in [1.82, 2.24) is 5.32 Å². The van der Waals surface area contributed by atoms with E-state index in [1.54, 1.807) is 46.6 Å². The number of carbonyl (C=O) groups excluding carboxylic acids is 1. The van der Waals surface area contributed by atoms with Crippen LogP contribution < -0.4 is 29.0 Å². The van der Waals surface area contributed by atoms with Crippen LogP contribution in [-0.4, -0.2) is 47.5 Å². The molecule has 146 valence electrons. The van der Waals surface area contributed by atoms with Gasteiger partial charge in [-0.3, -0.25) is 4.79 Å². The molecule has 0 saturated heterocycles. The lowest BCUT2D eigenvalue weighted by molar-refractivity contribution is -0.123. The largest absolute Gasteiger partial charge is 0.496 e. The molecule has 0 radical (unpaired) electrons. The number of carbonyl (C=O) groups is 1. The van der Waals surface area contributed by atoms with Gasteiger partial charge < -0.3 is 29.0 Å². The molecule has 27 heavy (non-hydrogen) atoms. The molecular formula is C20H25NO6. The van der Waals surface area contributed by atoms with Crippen LogP contribution in [0.1, 0.15) is 5.56 Å². The van der Waals surface area contributed by atoms with Crippen molar-refractivity contribution < 1.29 is 28.5 Å². The number of hydrogen-bond acceptors (Lipinski definition) is 6. The minimum absolute atomic E-state index is 0.0950. The first kappa shape index (κ1) is 20.2. The molecule has 1 N–H and O–H groups in total. The van der Waals surface area contributed by atoms with Gasteiger partial charge in [0.2, 0.25) is 0 Å². The van der Waals surface area contributed by atoms with Crippen LogP contribution in [0.2, 0.25) is 0 Å². The molecule has 7 nitrogen and oxygen atoms in total. The zero-order chi connectivity index (χ0) is 19.6. The third kappa shape index (κ3) is 5.99. The van der Waals surface area contributed by atoms with Crippen molar-refractivity contribution in [1.29, 1.82) is 0 Å². The molecule has 7 heteroatoms. The third-order valence-electron chi connectivity index (χ3n) is 3.88. The molecule has 0 heterocycles. The van der Waals surface area contributed by atoms with E-state index in [0.717, 1.165) is 5.56 Å². The van der Waals surface area contributed by atoms with E-state index in [9.17, 15) is 4.79 Å². The molecule has 0 aliphatic heterocycles. The van der Waals surface area contributed by atoms with Crippen LogP contribution in [0.15, 0.2) is 36.4 Å². The summed E-state index contributed by atoms with van der Waals surface area (Å²) in [5, 5.41) is 2.83. The first-order valence-corrected chi connectivity index (χ1v) is 8.43. The summed E-state index contributed by atoms with van der Waals surface area (Å²) in [5.41, 5.74) is 1.03. The fourth-order valence-corrected chi connectivity index (χ4v) is 2.45. The van der Waals surface area contributed by atoms with Gasteiger partial charge in [-0.2, -0.15) is 0 Å². The fourth-order valence-electron chi connectivity index (χ4n) is 2.45. The lowest BCUT2D eigenvalue weighted by atomic mass is 10.1. The Morgan fingerprint density at radius 1 is 0.815 bits per heavy atom. The summed E-state index contributed by atoms with van der Waals surface area (Å²) in [5.74, 6) is 2.82. The van der Waals surface area contributed by atoms with Crippen LogP contribution in [-0.2, 0) is 11.2 Å². The second-order valence-electron chi connectivity index (χ2n) is 5.63. The summed E-state index contributed by atoms with van der Waals surface area (Å²) < 4.78 is 26.3. The molecule has 1 amide bonds. The highest BCUT2D eigenvalue weighted by atomic mass is 16.5. The summed E-state index contributed by atoms with van der Waals surface area (Å²) in [6, 6.07) is 10.8. The maximum atomic E-state index is 12.0. The van der Waals surface area contributed by atoms with Gasteiger partial charge in [-0.15, -0.1) is 0 Å². The van der Waals surface area contributed by atoms with Gasteiger partial charge in [0.25, 0.3) is 5.91 Å². The standard InChI is InChI=1S/C20H25NO6/c1-23-15-10-16(24-2)12-17(11-15)27-13-20(22)21-8-7-14-5-6-18(25-3)19(9-14)26-4/h5-6,9-12H,7-8,13H2,1-4H3,(H,21,22). The van der Waals surface area contributed by atoms with E-state index in [4.69, 9.17) is 23.7 Å². The van der Waals surface area contributed by atoms with E-state index in [1.165, 1.54) is 0 Å². The molecule has 2 rings (SSSR count). The molecule has 0 aromatic heterocycles. The van der Waals surface area contributed by atoms with Gasteiger partial charge in [-0.1, -0.05) is 6.07 Å². The van der Waals surface area contributed by atoms with Crippen molar-refractivity contribution >= 4 is 5.91 Å². The van der Waals surface area contributed by atoms with Gasteiger partial charge >= 0.3 is 0 Å². The van der Waals surface area contributed by atoms with E-state index in [0.29, 0.717) is 41.7 Å². The number of nitrogens with one attached hydrogen (secondary N) is 1. The first-order chi connectivity index (χ1) is 13.1. The molecule has 0 fully saturated rings. The highest BCUT2D eigenvalue weighted by molar-refractivity contribution is 5.77.